The maximum absolute atomic E-state index is 4.13. The highest BCUT2D eigenvalue weighted by Crippen LogP contribution is 2.20. The quantitative estimate of drug-likeness (QED) is 0.771. The van der Waals surface area contributed by atoms with Gasteiger partial charge in [0.05, 0.1) is 11.9 Å². The van der Waals surface area contributed by atoms with E-state index < -0.39 is 0 Å². The second kappa shape index (κ2) is 6.47. The number of hydrogen-bond donors (Lipinski definition) is 2. The van der Waals surface area contributed by atoms with Crippen molar-refractivity contribution in [2.45, 2.75) is 6.54 Å². The molecule has 0 fully saturated rings. The molecule has 0 bridgehead atoms. The molecule has 0 unspecified atom stereocenters. The third-order valence-corrected chi connectivity index (χ3v) is 3.19. The lowest BCUT2D eigenvalue weighted by Gasteiger charge is -2.04. The first-order chi connectivity index (χ1) is 8.42. The fourth-order valence-electron chi connectivity index (χ4n) is 1.70. The van der Waals surface area contributed by atoms with Crippen LogP contribution in [0.2, 0.25) is 0 Å². The molecule has 0 saturated carbocycles. The number of H-pyrrole nitrogens is 1. The van der Waals surface area contributed by atoms with Crippen LogP contribution in [0.1, 0.15) is 5.56 Å². The minimum atomic E-state index is 0.862. The SMILES string of the molecule is CSCCNCc1cn[nH]c1-c1ccccc1. The number of nitrogens with zero attached hydrogens (tertiary/aromatic N) is 1. The van der Waals surface area contributed by atoms with E-state index in [1.165, 1.54) is 11.1 Å². The van der Waals surface area contributed by atoms with E-state index in [-0.39, 0.29) is 0 Å². The van der Waals surface area contributed by atoms with Crippen LogP contribution in [-0.4, -0.2) is 28.8 Å². The standard InChI is InChI=1S/C13H17N3S/c1-17-8-7-14-9-12-10-15-16-13(12)11-5-3-2-4-6-11/h2-6,10,14H,7-9H2,1H3,(H,15,16). The molecule has 0 aliphatic rings. The number of aromatic nitrogens is 2. The van der Waals surface area contributed by atoms with E-state index in [9.17, 15) is 0 Å². The molecule has 1 aromatic heterocycles. The molecule has 2 N–H and O–H groups in total. The third kappa shape index (κ3) is 3.35. The van der Waals surface area contributed by atoms with Crippen LogP contribution in [-0.2, 0) is 6.54 Å². The summed E-state index contributed by atoms with van der Waals surface area (Å²) in [6, 6.07) is 10.3. The summed E-state index contributed by atoms with van der Waals surface area (Å²) in [5, 5.41) is 10.6. The highest BCUT2D eigenvalue weighted by molar-refractivity contribution is 7.98. The van der Waals surface area contributed by atoms with E-state index in [1.54, 1.807) is 0 Å². The zero-order chi connectivity index (χ0) is 11.9. The van der Waals surface area contributed by atoms with Crippen LogP contribution < -0.4 is 5.32 Å². The van der Waals surface area contributed by atoms with Crippen LogP contribution in [0.25, 0.3) is 11.3 Å². The Morgan fingerprint density at radius 2 is 2.12 bits per heavy atom. The second-order valence-corrected chi connectivity index (χ2v) is 4.79. The summed E-state index contributed by atoms with van der Waals surface area (Å²) < 4.78 is 0. The highest BCUT2D eigenvalue weighted by atomic mass is 32.2. The summed E-state index contributed by atoms with van der Waals surface area (Å²) in [4.78, 5) is 0. The number of thioether (sulfide) groups is 1. The predicted molar refractivity (Wildman–Crippen MR) is 74.1 cm³/mol. The van der Waals surface area contributed by atoms with Crippen molar-refractivity contribution < 1.29 is 0 Å². The largest absolute Gasteiger partial charge is 0.312 e. The average molecular weight is 247 g/mol. The minimum Gasteiger partial charge on any atom is -0.312 e. The van der Waals surface area contributed by atoms with Gasteiger partial charge in [-0.15, -0.1) is 0 Å². The van der Waals surface area contributed by atoms with Crippen molar-refractivity contribution in [3.8, 4) is 11.3 Å². The van der Waals surface area contributed by atoms with Crippen LogP contribution in [0, 0.1) is 0 Å². The Morgan fingerprint density at radius 1 is 1.29 bits per heavy atom. The van der Waals surface area contributed by atoms with Gasteiger partial charge in [0.25, 0.3) is 0 Å². The zero-order valence-corrected chi connectivity index (χ0v) is 10.8. The van der Waals surface area contributed by atoms with Crippen LogP contribution in [0.5, 0.6) is 0 Å². The van der Waals surface area contributed by atoms with Gasteiger partial charge >= 0.3 is 0 Å². The molecule has 0 aliphatic heterocycles. The topological polar surface area (TPSA) is 40.7 Å². The number of nitrogens with one attached hydrogen (secondary N) is 2. The van der Waals surface area contributed by atoms with Gasteiger partial charge in [-0.3, -0.25) is 5.10 Å². The van der Waals surface area contributed by atoms with Crippen LogP contribution in [0.15, 0.2) is 36.5 Å². The molecule has 1 heterocycles. The van der Waals surface area contributed by atoms with Gasteiger partial charge in [-0.05, 0) is 11.8 Å². The molecule has 0 atom stereocenters. The van der Waals surface area contributed by atoms with Gasteiger partial charge in [-0.25, -0.2) is 0 Å². The summed E-state index contributed by atoms with van der Waals surface area (Å²) in [6.07, 6.45) is 4.02. The first-order valence-corrected chi connectivity index (χ1v) is 7.08. The van der Waals surface area contributed by atoms with Crippen LogP contribution in [0.4, 0.5) is 0 Å². The molecule has 17 heavy (non-hydrogen) atoms. The molecule has 4 heteroatoms. The van der Waals surface area contributed by atoms with Gasteiger partial charge in [0.15, 0.2) is 0 Å². The van der Waals surface area contributed by atoms with Crippen molar-refractivity contribution in [1.29, 1.82) is 0 Å². The van der Waals surface area contributed by atoms with Crippen molar-refractivity contribution >= 4 is 11.8 Å². The molecule has 0 amide bonds. The fourth-order valence-corrected chi connectivity index (χ4v) is 2.05. The lowest BCUT2D eigenvalue weighted by molar-refractivity contribution is 0.734. The van der Waals surface area contributed by atoms with E-state index in [2.05, 4.69) is 33.9 Å². The predicted octanol–water partition coefficient (Wildman–Crippen LogP) is 2.53. The number of hydrogen-bond acceptors (Lipinski definition) is 3. The molecule has 0 aliphatic carbocycles. The first-order valence-electron chi connectivity index (χ1n) is 5.69. The van der Waals surface area contributed by atoms with Gasteiger partial charge in [-0.2, -0.15) is 16.9 Å². The molecular formula is C13H17N3S. The maximum Gasteiger partial charge on any atom is 0.0695 e. The van der Waals surface area contributed by atoms with Gasteiger partial charge in [0.1, 0.15) is 0 Å². The van der Waals surface area contributed by atoms with E-state index in [0.29, 0.717) is 0 Å². The Kier molecular flexibility index (Phi) is 4.64. The number of benzene rings is 1. The summed E-state index contributed by atoms with van der Waals surface area (Å²) >= 11 is 1.85. The average Bonchev–Trinajstić information content (AvgIpc) is 2.84. The van der Waals surface area contributed by atoms with Gasteiger partial charge in [0.2, 0.25) is 0 Å². The molecule has 0 radical (unpaired) electrons. The zero-order valence-electron chi connectivity index (χ0n) is 9.94. The molecular weight excluding hydrogens is 230 g/mol. The summed E-state index contributed by atoms with van der Waals surface area (Å²) in [7, 11) is 0. The second-order valence-electron chi connectivity index (χ2n) is 3.81. The van der Waals surface area contributed by atoms with Crippen LogP contribution in [0.3, 0.4) is 0 Å². The highest BCUT2D eigenvalue weighted by Gasteiger charge is 2.06. The van der Waals surface area contributed by atoms with Crippen molar-refractivity contribution in [2.75, 3.05) is 18.6 Å². The number of aromatic amines is 1. The van der Waals surface area contributed by atoms with Gasteiger partial charge in [0, 0.05) is 24.4 Å². The molecule has 1 aromatic carbocycles. The minimum absolute atomic E-state index is 0.862. The van der Waals surface area contributed by atoms with Crippen molar-refractivity contribution in [3.63, 3.8) is 0 Å². The van der Waals surface area contributed by atoms with E-state index in [1.807, 2.05) is 36.2 Å². The monoisotopic (exact) mass is 247 g/mol. The Balaban J connectivity index is 2.02. The van der Waals surface area contributed by atoms with E-state index in [0.717, 1.165) is 24.5 Å². The molecule has 2 rings (SSSR count). The normalized spacial score (nSPS) is 10.6. The van der Waals surface area contributed by atoms with Crippen molar-refractivity contribution in [2.24, 2.45) is 0 Å². The fraction of sp³-hybridized carbons (Fsp3) is 0.308. The Bertz CT molecular complexity index is 439. The molecule has 90 valence electrons. The van der Waals surface area contributed by atoms with Crippen molar-refractivity contribution in [1.82, 2.24) is 15.5 Å². The lowest BCUT2D eigenvalue weighted by Crippen LogP contribution is -2.16. The third-order valence-electron chi connectivity index (χ3n) is 2.58. The summed E-state index contributed by atoms with van der Waals surface area (Å²) in [5.41, 5.74) is 3.52. The van der Waals surface area contributed by atoms with Gasteiger partial charge in [-0.1, -0.05) is 30.3 Å². The molecule has 0 spiro atoms. The first kappa shape index (κ1) is 12.2. The molecule has 2 aromatic rings. The Morgan fingerprint density at radius 3 is 2.88 bits per heavy atom. The molecule has 3 nitrogen and oxygen atoms in total. The lowest BCUT2D eigenvalue weighted by atomic mass is 10.1. The number of rotatable bonds is 6. The van der Waals surface area contributed by atoms with Crippen LogP contribution >= 0.6 is 11.8 Å². The van der Waals surface area contributed by atoms with E-state index in [4.69, 9.17) is 0 Å². The molecule has 0 saturated heterocycles. The van der Waals surface area contributed by atoms with E-state index >= 15 is 0 Å². The summed E-state index contributed by atoms with van der Waals surface area (Å²) in [5.74, 6) is 1.14. The Labute approximate surface area is 106 Å². The van der Waals surface area contributed by atoms with Crippen molar-refractivity contribution in [3.05, 3.63) is 42.1 Å². The summed E-state index contributed by atoms with van der Waals surface area (Å²) in [6.45, 7) is 1.89. The maximum atomic E-state index is 4.13. The smallest absolute Gasteiger partial charge is 0.0695 e. The van der Waals surface area contributed by atoms with Gasteiger partial charge < -0.3 is 5.32 Å². The Hall–Kier alpha value is -1.26.